The van der Waals surface area contributed by atoms with E-state index in [9.17, 15) is 13.2 Å². The number of carbonyl (C=O) groups excluding carboxylic acids is 1. The van der Waals surface area contributed by atoms with Gasteiger partial charge in [-0.3, -0.25) is 9.35 Å². The number of Topliss-reactive ketones (excluding diaryl/α,β-unsaturated/α-hetero) is 1. The predicted octanol–water partition coefficient (Wildman–Crippen LogP) is 1.90. The van der Waals surface area contributed by atoms with Crippen LogP contribution in [-0.4, -0.2) is 24.0 Å². The van der Waals surface area contributed by atoms with Crippen molar-refractivity contribution in [3.8, 4) is 0 Å². The summed E-state index contributed by atoms with van der Waals surface area (Å²) in [4.78, 5) is 11.6. The summed E-state index contributed by atoms with van der Waals surface area (Å²) in [5.41, 5.74) is 0. The average molecular weight is 236 g/mol. The molecule has 1 N–H and O–H groups in total. The number of hydrogen-bond donors (Lipinski definition) is 1. The van der Waals surface area contributed by atoms with E-state index in [0.29, 0.717) is 12.3 Å². The lowest BCUT2D eigenvalue weighted by Gasteiger charge is -2.15. The molecule has 0 aliphatic heterocycles. The summed E-state index contributed by atoms with van der Waals surface area (Å²) in [5.74, 6) is -0.462. The highest BCUT2D eigenvalue weighted by molar-refractivity contribution is 7.87. The second-order valence-corrected chi connectivity index (χ2v) is 6.13. The molecule has 90 valence electrons. The molecule has 0 aliphatic rings. The Hall–Kier alpha value is -0.420. The molecule has 0 bridgehead atoms. The zero-order valence-electron chi connectivity index (χ0n) is 9.73. The summed E-state index contributed by atoms with van der Waals surface area (Å²) in [6.45, 7) is 7.16. The average Bonchev–Trinajstić information content (AvgIpc) is 2.00. The molecule has 0 saturated heterocycles. The first-order valence-electron chi connectivity index (χ1n) is 5.16. The van der Waals surface area contributed by atoms with Gasteiger partial charge in [0, 0.05) is 5.92 Å². The van der Waals surface area contributed by atoms with Gasteiger partial charge in [0.05, 0.1) is 0 Å². The van der Waals surface area contributed by atoms with E-state index in [2.05, 4.69) is 0 Å². The minimum Gasteiger partial charge on any atom is -0.298 e. The largest absolute Gasteiger partial charge is 0.298 e. The monoisotopic (exact) mass is 236 g/mol. The Morgan fingerprint density at radius 3 is 1.87 bits per heavy atom. The molecule has 0 saturated carbocycles. The molecule has 0 heterocycles. The molecule has 0 aromatic carbocycles. The van der Waals surface area contributed by atoms with Crippen molar-refractivity contribution in [3.05, 3.63) is 0 Å². The van der Waals surface area contributed by atoms with Crippen LogP contribution in [0.4, 0.5) is 0 Å². The summed E-state index contributed by atoms with van der Waals surface area (Å²) in [6, 6.07) is 0. The molecule has 5 heteroatoms. The van der Waals surface area contributed by atoms with Crippen LogP contribution in [0.2, 0.25) is 0 Å². The fourth-order valence-corrected chi connectivity index (χ4v) is 2.29. The topological polar surface area (TPSA) is 71.4 Å². The maximum Gasteiger partial charge on any atom is 0.274 e. The van der Waals surface area contributed by atoms with Crippen molar-refractivity contribution in [2.24, 2.45) is 11.8 Å². The molecule has 0 fully saturated rings. The fourth-order valence-electron chi connectivity index (χ4n) is 1.29. The Kier molecular flexibility index (Phi) is 5.45. The maximum absolute atomic E-state index is 11.6. The van der Waals surface area contributed by atoms with E-state index in [1.54, 1.807) is 13.8 Å². The molecular formula is C10H20O4S. The highest BCUT2D eigenvalue weighted by atomic mass is 32.2. The van der Waals surface area contributed by atoms with Gasteiger partial charge in [-0.05, 0) is 18.8 Å². The van der Waals surface area contributed by atoms with Crippen LogP contribution in [0.3, 0.4) is 0 Å². The van der Waals surface area contributed by atoms with Crippen LogP contribution >= 0.6 is 0 Å². The van der Waals surface area contributed by atoms with Crippen molar-refractivity contribution in [3.63, 3.8) is 0 Å². The lowest BCUT2D eigenvalue weighted by molar-refractivity contribution is -0.121. The van der Waals surface area contributed by atoms with Crippen LogP contribution in [-0.2, 0) is 14.9 Å². The Labute approximate surface area is 91.8 Å². The second-order valence-electron chi connectivity index (χ2n) is 4.53. The molecule has 1 atom stereocenters. The van der Waals surface area contributed by atoms with Crippen LogP contribution in [0, 0.1) is 11.8 Å². The molecular weight excluding hydrogens is 216 g/mol. The van der Waals surface area contributed by atoms with E-state index >= 15 is 0 Å². The first-order valence-corrected chi connectivity index (χ1v) is 6.66. The van der Waals surface area contributed by atoms with Gasteiger partial charge in [0.25, 0.3) is 10.1 Å². The normalized spacial score (nSPS) is 14.6. The van der Waals surface area contributed by atoms with Crippen molar-refractivity contribution in [2.45, 2.75) is 45.8 Å². The number of ketones is 1. The minimum atomic E-state index is -4.25. The molecule has 4 nitrogen and oxygen atoms in total. The van der Waals surface area contributed by atoms with E-state index in [4.69, 9.17) is 4.55 Å². The van der Waals surface area contributed by atoms with Crippen LogP contribution < -0.4 is 0 Å². The fraction of sp³-hybridized carbons (Fsp3) is 0.900. The zero-order valence-corrected chi connectivity index (χ0v) is 10.5. The maximum atomic E-state index is 11.6. The number of hydrogen-bond acceptors (Lipinski definition) is 3. The molecule has 0 amide bonds. The van der Waals surface area contributed by atoms with Gasteiger partial charge in [-0.25, -0.2) is 0 Å². The second kappa shape index (κ2) is 5.61. The Balaban J connectivity index is 4.69. The molecule has 1 unspecified atom stereocenters. The van der Waals surface area contributed by atoms with Gasteiger partial charge in [0.2, 0.25) is 0 Å². The van der Waals surface area contributed by atoms with Gasteiger partial charge < -0.3 is 0 Å². The Bertz CT molecular complexity index is 303. The van der Waals surface area contributed by atoms with Crippen LogP contribution in [0.5, 0.6) is 0 Å². The number of carbonyl (C=O) groups is 1. The Morgan fingerprint density at radius 1 is 1.13 bits per heavy atom. The molecule has 0 aromatic heterocycles. The SMILES string of the molecule is CC(C)CCC(C(=O)C(C)C)S(=O)(=O)O. The van der Waals surface area contributed by atoms with Crippen molar-refractivity contribution in [2.75, 3.05) is 0 Å². The molecule has 0 radical (unpaired) electrons. The van der Waals surface area contributed by atoms with E-state index in [-0.39, 0.29) is 12.3 Å². The lowest BCUT2D eigenvalue weighted by atomic mass is 9.99. The molecule has 15 heavy (non-hydrogen) atoms. The summed E-state index contributed by atoms with van der Waals surface area (Å²) in [5, 5.41) is -1.25. The van der Waals surface area contributed by atoms with Gasteiger partial charge in [0.1, 0.15) is 5.25 Å². The third-order valence-electron chi connectivity index (χ3n) is 2.25. The third-order valence-corrected chi connectivity index (χ3v) is 3.44. The van der Waals surface area contributed by atoms with Crippen molar-refractivity contribution in [1.29, 1.82) is 0 Å². The van der Waals surface area contributed by atoms with Gasteiger partial charge in [-0.1, -0.05) is 27.7 Å². The predicted molar refractivity (Wildman–Crippen MR) is 59.3 cm³/mol. The summed E-state index contributed by atoms with van der Waals surface area (Å²) >= 11 is 0. The van der Waals surface area contributed by atoms with Crippen LogP contribution in [0.25, 0.3) is 0 Å². The van der Waals surface area contributed by atoms with E-state index in [0.717, 1.165) is 0 Å². The summed E-state index contributed by atoms with van der Waals surface area (Å²) < 4.78 is 31.0. The molecule has 0 spiro atoms. The highest BCUT2D eigenvalue weighted by Gasteiger charge is 2.31. The summed E-state index contributed by atoms with van der Waals surface area (Å²) in [7, 11) is -4.25. The van der Waals surface area contributed by atoms with E-state index in [1.165, 1.54) is 0 Å². The molecule has 0 rings (SSSR count). The first kappa shape index (κ1) is 14.6. The first-order chi connectivity index (χ1) is 6.66. The van der Waals surface area contributed by atoms with Crippen molar-refractivity contribution in [1.82, 2.24) is 0 Å². The quantitative estimate of drug-likeness (QED) is 0.715. The summed E-state index contributed by atoms with van der Waals surface area (Å²) in [6.07, 6.45) is 0.816. The standard InChI is InChI=1S/C10H20O4S/c1-7(2)5-6-9(15(12,13)14)10(11)8(3)4/h7-9H,5-6H2,1-4H3,(H,12,13,14). The smallest absolute Gasteiger partial charge is 0.274 e. The number of rotatable bonds is 6. The minimum absolute atomic E-state index is 0.202. The highest BCUT2D eigenvalue weighted by Crippen LogP contribution is 2.16. The Morgan fingerprint density at radius 2 is 1.60 bits per heavy atom. The zero-order chi connectivity index (χ0) is 12.2. The van der Waals surface area contributed by atoms with Gasteiger partial charge in [0.15, 0.2) is 5.78 Å². The van der Waals surface area contributed by atoms with Gasteiger partial charge >= 0.3 is 0 Å². The van der Waals surface area contributed by atoms with Gasteiger partial charge in [-0.15, -0.1) is 0 Å². The van der Waals surface area contributed by atoms with Crippen molar-refractivity contribution >= 4 is 15.9 Å². The van der Waals surface area contributed by atoms with E-state index < -0.39 is 21.2 Å². The van der Waals surface area contributed by atoms with Crippen molar-refractivity contribution < 1.29 is 17.8 Å². The molecule has 0 aliphatic carbocycles. The molecule has 0 aromatic rings. The van der Waals surface area contributed by atoms with Crippen LogP contribution in [0.15, 0.2) is 0 Å². The van der Waals surface area contributed by atoms with Crippen LogP contribution in [0.1, 0.15) is 40.5 Å². The lowest BCUT2D eigenvalue weighted by Crippen LogP contribution is -2.33. The van der Waals surface area contributed by atoms with Gasteiger partial charge in [-0.2, -0.15) is 8.42 Å². The third kappa shape index (κ3) is 5.28. The van der Waals surface area contributed by atoms with E-state index in [1.807, 2.05) is 13.8 Å².